The predicted octanol–water partition coefficient (Wildman–Crippen LogP) is 3.18. The number of ketones is 2. The van der Waals surface area contributed by atoms with Crippen LogP contribution in [0.25, 0.3) is 0 Å². The highest BCUT2D eigenvalue weighted by Gasteiger charge is 2.61. The van der Waals surface area contributed by atoms with E-state index >= 15 is 0 Å². The van der Waals surface area contributed by atoms with Crippen molar-refractivity contribution in [3.63, 3.8) is 0 Å². The van der Waals surface area contributed by atoms with E-state index in [-0.39, 0.29) is 47.3 Å². The summed E-state index contributed by atoms with van der Waals surface area (Å²) in [6.45, 7) is 7.46. The maximum absolute atomic E-state index is 12.8. The first-order valence-corrected chi connectivity index (χ1v) is 10.6. The molecule has 7 atom stereocenters. The lowest BCUT2D eigenvalue weighted by molar-refractivity contribution is -0.145. The Kier molecular flexibility index (Phi) is 4.73. The molecule has 4 rings (SSSR count). The smallest absolute Gasteiger partial charge is 0.303 e. The van der Waals surface area contributed by atoms with Gasteiger partial charge in [-0.05, 0) is 49.2 Å². The molecule has 0 spiro atoms. The molecule has 4 aliphatic carbocycles. The fourth-order valence-electron chi connectivity index (χ4n) is 7.00. The van der Waals surface area contributed by atoms with Crippen LogP contribution in [0, 0.1) is 34.5 Å². The molecule has 0 aromatic rings. The van der Waals surface area contributed by atoms with Crippen LogP contribution in [0.15, 0.2) is 35.5 Å². The summed E-state index contributed by atoms with van der Waals surface area (Å²) >= 11 is 0. The Morgan fingerprint density at radius 1 is 1.31 bits per heavy atom. The van der Waals surface area contributed by atoms with E-state index in [1.54, 1.807) is 12.2 Å². The quantitative estimate of drug-likeness (QED) is 0.739. The first kappa shape index (κ1) is 20.3. The molecule has 1 N–H and O–H groups in total. The molecule has 2 fully saturated rings. The van der Waals surface area contributed by atoms with Crippen molar-refractivity contribution in [3.8, 4) is 0 Å². The number of fused-ring (bicyclic) bond motifs is 5. The molecule has 2 saturated carbocycles. The van der Waals surface area contributed by atoms with Gasteiger partial charge in [0, 0.05) is 29.2 Å². The number of ether oxygens (including phenoxy) is 1. The number of Topliss-reactive ketones (excluding diaryl/α,β-unsaturated/α-hetero) is 1. The minimum Gasteiger partial charge on any atom is -0.457 e. The molecule has 5 nitrogen and oxygen atoms in total. The molecular formula is C24H30O5. The predicted molar refractivity (Wildman–Crippen MR) is 108 cm³/mol. The number of carbonyl (C=O) groups excluding carboxylic acids is 3. The lowest BCUT2D eigenvalue weighted by Crippen LogP contribution is -2.57. The molecule has 0 aliphatic heterocycles. The zero-order chi connectivity index (χ0) is 21.1. The van der Waals surface area contributed by atoms with Gasteiger partial charge in [0.2, 0.25) is 0 Å². The number of allylic oxidation sites excluding steroid dienone is 5. The molecule has 0 amide bonds. The standard InChI is InChI=1S/C24H30O5/c1-13-9-16-17-5-6-18(21(28)12-29-14(2)25)24(17,4)11-20(27)22(16)23(3)8-7-15(26)10-19(13)23/h6-8,10,13,16-17,20,22,27H,5,9,11-12H2,1-4H3/t13-,16?,17?,20?,22?,23-,24-/m0/s1. The number of rotatable bonds is 3. The molecule has 4 aliphatic rings. The Bertz CT molecular complexity index is 864. The van der Waals surface area contributed by atoms with E-state index in [9.17, 15) is 19.5 Å². The Hall–Kier alpha value is -2.01. The summed E-state index contributed by atoms with van der Waals surface area (Å²) in [4.78, 5) is 35.9. The number of carbonyl (C=O) groups is 3. The minimum absolute atomic E-state index is 0.0267. The molecule has 156 valence electrons. The van der Waals surface area contributed by atoms with Crippen LogP contribution in [0.1, 0.15) is 47.0 Å². The van der Waals surface area contributed by atoms with Gasteiger partial charge in [-0.3, -0.25) is 14.4 Å². The number of hydrogen-bond acceptors (Lipinski definition) is 5. The Morgan fingerprint density at radius 2 is 2.03 bits per heavy atom. The maximum atomic E-state index is 12.8. The van der Waals surface area contributed by atoms with Crippen molar-refractivity contribution < 1.29 is 24.2 Å². The number of hydrogen-bond donors (Lipinski definition) is 1. The molecule has 0 bridgehead atoms. The van der Waals surface area contributed by atoms with Crippen molar-refractivity contribution in [1.29, 1.82) is 0 Å². The third-order valence-corrected chi connectivity index (χ3v) is 8.10. The summed E-state index contributed by atoms with van der Waals surface area (Å²) in [6.07, 6.45) is 9.06. The first-order chi connectivity index (χ1) is 13.6. The monoisotopic (exact) mass is 398 g/mol. The lowest BCUT2D eigenvalue weighted by Gasteiger charge is -2.59. The summed E-state index contributed by atoms with van der Waals surface area (Å²) < 4.78 is 4.95. The molecular weight excluding hydrogens is 368 g/mol. The van der Waals surface area contributed by atoms with Gasteiger partial charge in [-0.25, -0.2) is 0 Å². The summed E-state index contributed by atoms with van der Waals surface area (Å²) in [5.74, 6) is 0.213. The van der Waals surface area contributed by atoms with Crippen LogP contribution in [0.2, 0.25) is 0 Å². The van der Waals surface area contributed by atoms with Gasteiger partial charge in [-0.1, -0.05) is 38.5 Å². The second kappa shape index (κ2) is 6.76. The second-order valence-electron chi connectivity index (χ2n) is 9.80. The summed E-state index contributed by atoms with van der Waals surface area (Å²) in [5.41, 5.74) is 1.09. The molecule has 0 radical (unpaired) electrons. The van der Waals surface area contributed by atoms with Crippen LogP contribution in [-0.4, -0.2) is 35.4 Å². The first-order valence-electron chi connectivity index (χ1n) is 10.6. The van der Waals surface area contributed by atoms with E-state index in [0.717, 1.165) is 18.4 Å². The highest BCUT2D eigenvalue weighted by atomic mass is 16.5. The topological polar surface area (TPSA) is 80.7 Å². The van der Waals surface area contributed by atoms with Gasteiger partial charge in [-0.2, -0.15) is 0 Å². The summed E-state index contributed by atoms with van der Waals surface area (Å²) in [5, 5.41) is 11.3. The second-order valence-corrected chi connectivity index (χ2v) is 9.80. The summed E-state index contributed by atoms with van der Waals surface area (Å²) in [7, 11) is 0. The highest BCUT2D eigenvalue weighted by molar-refractivity contribution is 6.01. The number of aliphatic hydroxyl groups is 1. The third-order valence-electron chi connectivity index (χ3n) is 8.10. The average molecular weight is 398 g/mol. The van der Waals surface area contributed by atoms with Gasteiger partial charge < -0.3 is 9.84 Å². The molecule has 0 saturated heterocycles. The molecule has 5 heteroatoms. The van der Waals surface area contributed by atoms with Crippen LogP contribution >= 0.6 is 0 Å². The SMILES string of the molecule is CC(=O)OCC(=O)C1=CCC2C3C[C@H](C)C4=CC(=O)C=C[C@]4(C)C3C(O)C[C@]12C. The number of esters is 1. The molecule has 4 unspecified atom stereocenters. The maximum Gasteiger partial charge on any atom is 0.303 e. The van der Waals surface area contributed by atoms with Crippen molar-refractivity contribution >= 4 is 17.5 Å². The van der Waals surface area contributed by atoms with E-state index in [1.165, 1.54) is 6.92 Å². The van der Waals surface area contributed by atoms with Gasteiger partial charge in [0.15, 0.2) is 18.2 Å². The van der Waals surface area contributed by atoms with Crippen LogP contribution in [0.3, 0.4) is 0 Å². The molecule has 0 aromatic carbocycles. The van der Waals surface area contributed by atoms with Crippen LogP contribution in [-0.2, 0) is 19.1 Å². The number of aliphatic hydroxyl groups excluding tert-OH is 1. The van der Waals surface area contributed by atoms with Crippen LogP contribution < -0.4 is 0 Å². The van der Waals surface area contributed by atoms with Crippen molar-refractivity contribution in [1.82, 2.24) is 0 Å². The Balaban J connectivity index is 1.66. The van der Waals surface area contributed by atoms with Crippen LogP contribution in [0.5, 0.6) is 0 Å². The average Bonchev–Trinajstić information content (AvgIpc) is 2.97. The van der Waals surface area contributed by atoms with E-state index in [1.807, 2.05) is 12.2 Å². The van der Waals surface area contributed by atoms with Crippen molar-refractivity contribution in [2.45, 2.75) is 53.1 Å². The van der Waals surface area contributed by atoms with E-state index in [2.05, 4.69) is 20.8 Å². The molecule has 0 aromatic heterocycles. The van der Waals surface area contributed by atoms with Crippen molar-refractivity contribution in [3.05, 3.63) is 35.5 Å². The van der Waals surface area contributed by atoms with E-state index in [0.29, 0.717) is 12.0 Å². The third kappa shape index (κ3) is 2.97. The lowest BCUT2D eigenvalue weighted by atomic mass is 9.45. The van der Waals surface area contributed by atoms with E-state index in [4.69, 9.17) is 4.74 Å². The van der Waals surface area contributed by atoms with E-state index < -0.39 is 17.5 Å². The zero-order valence-corrected chi connectivity index (χ0v) is 17.6. The summed E-state index contributed by atoms with van der Waals surface area (Å²) in [6, 6.07) is 0. The molecule has 29 heavy (non-hydrogen) atoms. The van der Waals surface area contributed by atoms with Gasteiger partial charge >= 0.3 is 5.97 Å². The Morgan fingerprint density at radius 3 is 2.72 bits per heavy atom. The van der Waals surface area contributed by atoms with Crippen molar-refractivity contribution in [2.75, 3.05) is 6.61 Å². The van der Waals surface area contributed by atoms with Gasteiger partial charge in [0.05, 0.1) is 6.10 Å². The van der Waals surface area contributed by atoms with Gasteiger partial charge in [0.1, 0.15) is 0 Å². The zero-order valence-electron chi connectivity index (χ0n) is 17.6. The normalized spacial score (nSPS) is 42.9. The van der Waals surface area contributed by atoms with Gasteiger partial charge in [0.25, 0.3) is 0 Å². The van der Waals surface area contributed by atoms with Crippen molar-refractivity contribution in [2.24, 2.45) is 34.5 Å². The fraction of sp³-hybridized carbons (Fsp3) is 0.625. The fourth-order valence-corrected chi connectivity index (χ4v) is 7.00. The Labute approximate surface area is 171 Å². The molecule has 0 heterocycles. The minimum atomic E-state index is -0.567. The largest absolute Gasteiger partial charge is 0.457 e. The highest BCUT2D eigenvalue weighted by Crippen LogP contribution is 2.65. The van der Waals surface area contributed by atoms with Crippen LogP contribution in [0.4, 0.5) is 0 Å². The van der Waals surface area contributed by atoms with Gasteiger partial charge in [-0.15, -0.1) is 0 Å².